The molecule has 0 spiro atoms. The second-order valence-electron chi connectivity index (χ2n) is 5.52. The average molecular weight is 264 g/mol. The van der Waals surface area contributed by atoms with Gasteiger partial charge in [-0.05, 0) is 43.3 Å². The third-order valence-corrected chi connectivity index (χ3v) is 4.42. The van der Waals surface area contributed by atoms with Gasteiger partial charge in [-0.2, -0.15) is 0 Å². The second kappa shape index (κ2) is 3.95. The maximum absolute atomic E-state index is 4.28. The van der Waals surface area contributed by atoms with E-state index in [0.717, 1.165) is 0 Å². The van der Waals surface area contributed by atoms with Gasteiger partial charge in [-0.25, -0.2) is 0 Å². The number of rotatable bonds is 0. The predicted octanol–water partition coefficient (Wildman–Crippen LogP) is 3.82. The molecule has 4 aromatic carbocycles. The molecule has 0 unspecified atom stereocenters. The Hall–Kier alpha value is -2.61. The minimum absolute atomic E-state index is 1.21. The number of hydrogen-bond donors (Lipinski definition) is 0. The van der Waals surface area contributed by atoms with Gasteiger partial charge in [0.05, 0.1) is 0 Å². The van der Waals surface area contributed by atoms with Crippen LogP contribution in [0.25, 0.3) is 32.3 Å². The van der Waals surface area contributed by atoms with E-state index in [9.17, 15) is 0 Å². The number of nitrogens with zero attached hydrogens (tertiary/aromatic N) is 1. The van der Waals surface area contributed by atoms with Crippen LogP contribution >= 0.6 is 0 Å². The highest BCUT2D eigenvalue weighted by Gasteiger charge is 2.13. The standard InChI is InChI=1S/C19H11BN/c1-2-4-14-12(3-1)5-7-16-15(14)9-10-18-17(16)8-6-13-11-21-20-19(13)18/h1-11H. The fourth-order valence-electron chi connectivity index (χ4n) is 3.39. The first-order valence-electron chi connectivity index (χ1n) is 7.15. The molecule has 0 amide bonds. The summed E-state index contributed by atoms with van der Waals surface area (Å²) in [6.07, 6.45) is 1.93. The van der Waals surface area contributed by atoms with Crippen LogP contribution in [-0.2, 0) is 0 Å². The quantitative estimate of drug-likeness (QED) is 0.338. The van der Waals surface area contributed by atoms with Crippen molar-refractivity contribution in [2.75, 3.05) is 0 Å². The van der Waals surface area contributed by atoms with Crippen molar-refractivity contribution < 1.29 is 0 Å². The summed E-state index contributed by atoms with van der Waals surface area (Å²) in [5, 5.41) is 7.83. The van der Waals surface area contributed by atoms with E-state index in [1.807, 2.05) is 13.6 Å². The molecule has 2 heteroatoms. The summed E-state index contributed by atoms with van der Waals surface area (Å²) in [7, 11) is 1.96. The third-order valence-electron chi connectivity index (χ3n) is 4.42. The Balaban J connectivity index is 2.00. The Morgan fingerprint density at radius 3 is 2.33 bits per heavy atom. The van der Waals surface area contributed by atoms with E-state index >= 15 is 0 Å². The molecular formula is C19H11BN. The molecule has 0 aromatic heterocycles. The lowest BCUT2D eigenvalue weighted by molar-refractivity contribution is 1.78. The van der Waals surface area contributed by atoms with Crippen molar-refractivity contribution in [1.29, 1.82) is 0 Å². The van der Waals surface area contributed by atoms with E-state index < -0.39 is 0 Å². The van der Waals surface area contributed by atoms with Crippen LogP contribution in [0, 0.1) is 0 Å². The molecule has 1 aliphatic heterocycles. The molecule has 95 valence electrons. The van der Waals surface area contributed by atoms with Crippen molar-refractivity contribution in [3.8, 4) is 0 Å². The molecule has 5 rings (SSSR count). The summed E-state index contributed by atoms with van der Waals surface area (Å²) in [6.45, 7) is 0. The van der Waals surface area contributed by atoms with Gasteiger partial charge >= 0.3 is 7.41 Å². The van der Waals surface area contributed by atoms with Crippen LogP contribution in [0.2, 0.25) is 0 Å². The van der Waals surface area contributed by atoms with Crippen LogP contribution < -0.4 is 5.46 Å². The molecule has 0 atom stereocenters. The van der Waals surface area contributed by atoms with Crippen LogP contribution in [0.3, 0.4) is 0 Å². The second-order valence-corrected chi connectivity index (χ2v) is 5.52. The van der Waals surface area contributed by atoms with E-state index in [0.29, 0.717) is 0 Å². The molecule has 4 aromatic rings. The molecule has 0 saturated heterocycles. The van der Waals surface area contributed by atoms with E-state index in [1.54, 1.807) is 0 Å². The SMILES string of the molecule is [B]1N=Cc2ccc3c(ccc4c5ccccc5ccc34)c21. The lowest BCUT2D eigenvalue weighted by Gasteiger charge is -2.10. The van der Waals surface area contributed by atoms with Crippen molar-refractivity contribution in [1.82, 2.24) is 0 Å². The molecule has 21 heavy (non-hydrogen) atoms. The molecule has 0 aliphatic carbocycles. The van der Waals surface area contributed by atoms with Gasteiger partial charge in [-0.15, -0.1) is 0 Å². The molecule has 1 heterocycles. The lowest BCUT2D eigenvalue weighted by Crippen LogP contribution is -2.12. The zero-order valence-electron chi connectivity index (χ0n) is 11.4. The average Bonchev–Trinajstić information content (AvgIpc) is 3.03. The van der Waals surface area contributed by atoms with Gasteiger partial charge in [0.25, 0.3) is 0 Å². The monoisotopic (exact) mass is 264 g/mol. The lowest BCUT2D eigenvalue weighted by atomic mass is 9.79. The van der Waals surface area contributed by atoms with Gasteiger partial charge in [-0.1, -0.05) is 60.7 Å². The van der Waals surface area contributed by atoms with E-state index in [2.05, 4.69) is 65.6 Å². The first-order chi connectivity index (χ1) is 10.4. The summed E-state index contributed by atoms with van der Waals surface area (Å²) in [4.78, 5) is 4.28. The Bertz CT molecular complexity index is 1060. The zero-order chi connectivity index (χ0) is 13.8. The largest absolute Gasteiger partial charge is 0.348 e. The van der Waals surface area contributed by atoms with E-state index in [4.69, 9.17) is 0 Å². The van der Waals surface area contributed by atoms with Crippen LogP contribution in [0.15, 0.2) is 65.6 Å². The number of benzene rings is 4. The molecule has 1 radical (unpaired) electrons. The highest BCUT2D eigenvalue weighted by Crippen LogP contribution is 2.31. The molecular weight excluding hydrogens is 253 g/mol. The van der Waals surface area contributed by atoms with Crippen molar-refractivity contribution in [3.63, 3.8) is 0 Å². The molecule has 0 fully saturated rings. The summed E-state index contributed by atoms with van der Waals surface area (Å²) in [6, 6.07) is 21.9. The maximum Gasteiger partial charge on any atom is 0.313 e. The van der Waals surface area contributed by atoms with Gasteiger partial charge in [0, 0.05) is 6.21 Å². The van der Waals surface area contributed by atoms with Crippen molar-refractivity contribution in [2.45, 2.75) is 0 Å². The first kappa shape index (κ1) is 11.1. The fraction of sp³-hybridized carbons (Fsp3) is 0. The molecule has 1 aliphatic rings. The van der Waals surface area contributed by atoms with Crippen molar-refractivity contribution >= 4 is 51.4 Å². The first-order valence-corrected chi connectivity index (χ1v) is 7.15. The molecule has 0 saturated carbocycles. The number of hydrogen-bond acceptors (Lipinski definition) is 1. The minimum atomic E-state index is 1.21. The summed E-state index contributed by atoms with van der Waals surface area (Å²) < 4.78 is 0. The van der Waals surface area contributed by atoms with Crippen LogP contribution in [0.4, 0.5) is 0 Å². The zero-order valence-corrected chi connectivity index (χ0v) is 11.4. The molecule has 1 nitrogen and oxygen atoms in total. The highest BCUT2D eigenvalue weighted by molar-refractivity contribution is 6.61. The van der Waals surface area contributed by atoms with Crippen molar-refractivity contribution in [2.24, 2.45) is 4.90 Å². The van der Waals surface area contributed by atoms with Crippen LogP contribution in [0.1, 0.15) is 5.56 Å². The van der Waals surface area contributed by atoms with Crippen LogP contribution in [0.5, 0.6) is 0 Å². The Morgan fingerprint density at radius 2 is 1.33 bits per heavy atom. The Labute approximate surface area is 123 Å². The normalized spacial score (nSPS) is 13.0. The summed E-state index contributed by atoms with van der Waals surface area (Å²) in [5.74, 6) is 0. The third kappa shape index (κ3) is 1.45. The van der Waals surface area contributed by atoms with Crippen molar-refractivity contribution in [3.05, 3.63) is 66.2 Å². The van der Waals surface area contributed by atoms with Gasteiger partial charge in [0.1, 0.15) is 0 Å². The summed E-state index contributed by atoms with van der Waals surface area (Å²) in [5.41, 5.74) is 2.45. The van der Waals surface area contributed by atoms with E-state index in [1.165, 1.54) is 43.3 Å². The van der Waals surface area contributed by atoms with Crippen LogP contribution in [-0.4, -0.2) is 13.6 Å². The highest BCUT2D eigenvalue weighted by atomic mass is 14.6. The van der Waals surface area contributed by atoms with Gasteiger partial charge in [-0.3, -0.25) is 0 Å². The van der Waals surface area contributed by atoms with E-state index in [-0.39, 0.29) is 0 Å². The van der Waals surface area contributed by atoms with Gasteiger partial charge in [0.2, 0.25) is 0 Å². The smallest absolute Gasteiger partial charge is 0.313 e. The minimum Gasteiger partial charge on any atom is -0.348 e. The number of fused-ring (bicyclic) bond motifs is 7. The summed E-state index contributed by atoms with van der Waals surface area (Å²) >= 11 is 0. The molecule has 0 N–H and O–H groups in total. The fourth-order valence-corrected chi connectivity index (χ4v) is 3.39. The molecule has 0 bridgehead atoms. The van der Waals surface area contributed by atoms with Gasteiger partial charge in [0.15, 0.2) is 0 Å². The van der Waals surface area contributed by atoms with Gasteiger partial charge < -0.3 is 4.90 Å². The predicted molar refractivity (Wildman–Crippen MR) is 91.9 cm³/mol. The Kier molecular flexibility index (Phi) is 2.09. The topological polar surface area (TPSA) is 12.4 Å². The maximum atomic E-state index is 4.28. The Morgan fingerprint density at radius 1 is 0.619 bits per heavy atom.